The van der Waals surface area contributed by atoms with E-state index in [1.165, 1.54) is 11.8 Å². The molecule has 0 radical (unpaired) electrons. The Morgan fingerprint density at radius 1 is 1.24 bits per heavy atom. The van der Waals surface area contributed by atoms with Crippen molar-refractivity contribution in [3.05, 3.63) is 47.8 Å². The van der Waals surface area contributed by atoms with Crippen LogP contribution in [0.3, 0.4) is 0 Å². The molecule has 2 aromatic rings. The van der Waals surface area contributed by atoms with Gasteiger partial charge in [0.25, 0.3) is 5.91 Å². The minimum atomic E-state index is -1.20. The number of carbonyl (C=O) groups is 1. The predicted octanol–water partition coefficient (Wildman–Crippen LogP) is 1.01. The highest BCUT2D eigenvalue weighted by Crippen LogP contribution is 2.22. The van der Waals surface area contributed by atoms with Crippen LogP contribution in [0.15, 0.2) is 36.5 Å². The summed E-state index contributed by atoms with van der Waals surface area (Å²) in [7, 11) is 3.18. The zero-order valence-electron chi connectivity index (χ0n) is 16.9. The van der Waals surface area contributed by atoms with Crippen LogP contribution in [-0.2, 0) is 18.2 Å². The molecule has 8 heteroatoms. The molecule has 0 saturated carbocycles. The minimum Gasteiger partial charge on any atom is -0.491 e. The number of hydrogen-bond donors (Lipinski definition) is 2. The van der Waals surface area contributed by atoms with Crippen molar-refractivity contribution < 1.29 is 24.5 Å². The largest absolute Gasteiger partial charge is 0.491 e. The van der Waals surface area contributed by atoms with Gasteiger partial charge in [-0.25, -0.2) is 0 Å². The number of aryl methyl sites for hydroxylation is 2. The van der Waals surface area contributed by atoms with Crippen molar-refractivity contribution in [3.8, 4) is 5.75 Å². The molecule has 1 aliphatic heterocycles. The molecule has 3 atom stereocenters. The number of methoxy groups -OCH3 is 1. The van der Waals surface area contributed by atoms with E-state index < -0.39 is 18.3 Å². The normalized spacial score (nSPS) is 23.9. The second kappa shape index (κ2) is 9.87. The average Bonchev–Trinajstić information content (AvgIpc) is 3.16. The maximum atomic E-state index is 13.1. The number of rotatable bonds is 2. The van der Waals surface area contributed by atoms with Crippen molar-refractivity contribution in [2.24, 2.45) is 7.05 Å². The molecular weight excluding hydrogens is 374 g/mol. The third-order valence-electron chi connectivity index (χ3n) is 5.31. The van der Waals surface area contributed by atoms with E-state index in [1.807, 2.05) is 24.3 Å². The fourth-order valence-electron chi connectivity index (χ4n) is 3.55. The van der Waals surface area contributed by atoms with E-state index in [0.717, 1.165) is 24.8 Å². The van der Waals surface area contributed by atoms with Gasteiger partial charge in [0.05, 0.1) is 0 Å². The van der Waals surface area contributed by atoms with Crippen LogP contribution in [-0.4, -0.2) is 75.9 Å². The first-order chi connectivity index (χ1) is 14.0. The standard InChI is InChI=1S/C21H29N3O5/c1-23-16(10-11-22-23)21(27)24-12-6-5-8-15-7-3-4-9-18(15)29-14-17(25)20(26)19(13-24)28-2/h3-4,7,9-11,17,19-20,25-26H,5-6,8,12-14H2,1-2H3/t17-,19+,20-/m1/s1. The predicted molar refractivity (Wildman–Crippen MR) is 107 cm³/mol. The number of para-hydroxylation sites is 1. The number of fused-ring (bicyclic) bond motifs is 1. The van der Waals surface area contributed by atoms with E-state index in [-0.39, 0.29) is 19.1 Å². The average molecular weight is 403 g/mol. The molecule has 3 rings (SSSR count). The number of aliphatic hydroxyl groups excluding tert-OH is 2. The van der Waals surface area contributed by atoms with Gasteiger partial charge in [-0.3, -0.25) is 9.48 Å². The van der Waals surface area contributed by atoms with Crippen LogP contribution in [0.2, 0.25) is 0 Å². The second-order valence-electron chi connectivity index (χ2n) is 7.30. The summed E-state index contributed by atoms with van der Waals surface area (Å²) in [5.41, 5.74) is 1.51. The van der Waals surface area contributed by atoms with Crippen molar-refractivity contribution in [2.45, 2.75) is 37.6 Å². The number of hydrogen-bond acceptors (Lipinski definition) is 6. The zero-order chi connectivity index (χ0) is 20.8. The topological polar surface area (TPSA) is 97.1 Å². The molecule has 1 aromatic heterocycles. The van der Waals surface area contributed by atoms with Gasteiger partial charge in [-0.05, 0) is 37.0 Å². The molecule has 29 heavy (non-hydrogen) atoms. The van der Waals surface area contributed by atoms with Crippen LogP contribution in [0.4, 0.5) is 0 Å². The summed E-state index contributed by atoms with van der Waals surface area (Å²) >= 11 is 0. The first-order valence-electron chi connectivity index (χ1n) is 9.88. The number of aliphatic hydroxyl groups is 2. The van der Waals surface area contributed by atoms with E-state index in [0.29, 0.717) is 18.0 Å². The molecule has 1 amide bonds. The van der Waals surface area contributed by atoms with Gasteiger partial charge >= 0.3 is 0 Å². The summed E-state index contributed by atoms with van der Waals surface area (Å²) in [5, 5.41) is 25.1. The third kappa shape index (κ3) is 5.14. The lowest BCUT2D eigenvalue weighted by Gasteiger charge is -2.31. The van der Waals surface area contributed by atoms with Crippen molar-refractivity contribution >= 4 is 5.91 Å². The van der Waals surface area contributed by atoms with Gasteiger partial charge in [0.1, 0.15) is 36.4 Å². The van der Waals surface area contributed by atoms with E-state index in [9.17, 15) is 15.0 Å². The minimum absolute atomic E-state index is 0.0618. The Labute approximate surface area is 170 Å². The van der Waals surface area contributed by atoms with Crippen LogP contribution < -0.4 is 4.74 Å². The second-order valence-corrected chi connectivity index (χ2v) is 7.30. The van der Waals surface area contributed by atoms with Crippen LogP contribution in [0.5, 0.6) is 5.75 Å². The molecule has 1 aliphatic rings. The smallest absolute Gasteiger partial charge is 0.272 e. The van der Waals surface area contributed by atoms with E-state index in [4.69, 9.17) is 9.47 Å². The molecule has 0 fully saturated rings. The first kappa shape index (κ1) is 21.3. The summed E-state index contributed by atoms with van der Waals surface area (Å²) in [6.07, 6.45) is 0.940. The van der Waals surface area contributed by atoms with Crippen LogP contribution in [0.25, 0.3) is 0 Å². The monoisotopic (exact) mass is 403 g/mol. The summed E-state index contributed by atoms with van der Waals surface area (Å²) in [4.78, 5) is 14.7. The Morgan fingerprint density at radius 3 is 2.76 bits per heavy atom. The number of nitrogens with zero attached hydrogens (tertiary/aromatic N) is 3. The first-order valence-corrected chi connectivity index (χ1v) is 9.88. The maximum Gasteiger partial charge on any atom is 0.272 e. The van der Waals surface area contributed by atoms with Crippen molar-refractivity contribution in [1.82, 2.24) is 14.7 Å². The summed E-state index contributed by atoms with van der Waals surface area (Å²) in [5.74, 6) is 0.523. The van der Waals surface area contributed by atoms with Crippen molar-refractivity contribution in [2.75, 3.05) is 26.8 Å². The van der Waals surface area contributed by atoms with Crippen molar-refractivity contribution in [3.63, 3.8) is 0 Å². The van der Waals surface area contributed by atoms with Gasteiger partial charge in [0.15, 0.2) is 0 Å². The Balaban J connectivity index is 1.83. The highest BCUT2D eigenvalue weighted by molar-refractivity contribution is 5.92. The summed E-state index contributed by atoms with van der Waals surface area (Å²) in [6.45, 7) is 0.606. The maximum absolute atomic E-state index is 13.1. The van der Waals surface area contributed by atoms with Crippen LogP contribution >= 0.6 is 0 Å². The molecule has 0 unspecified atom stereocenters. The van der Waals surface area contributed by atoms with Gasteiger partial charge < -0.3 is 24.6 Å². The van der Waals surface area contributed by atoms with E-state index >= 15 is 0 Å². The van der Waals surface area contributed by atoms with Gasteiger partial charge in [0.2, 0.25) is 0 Å². The van der Waals surface area contributed by atoms with E-state index in [2.05, 4.69) is 5.10 Å². The van der Waals surface area contributed by atoms with Gasteiger partial charge in [0, 0.05) is 33.4 Å². The Bertz CT molecular complexity index is 809. The summed E-state index contributed by atoms with van der Waals surface area (Å²) in [6, 6.07) is 9.35. The summed E-state index contributed by atoms with van der Waals surface area (Å²) < 4.78 is 12.7. The Morgan fingerprint density at radius 2 is 2.03 bits per heavy atom. The molecule has 1 aromatic carbocycles. The highest BCUT2D eigenvalue weighted by Gasteiger charge is 2.31. The Kier molecular flexibility index (Phi) is 7.24. The fourth-order valence-corrected chi connectivity index (χ4v) is 3.55. The molecule has 0 saturated heterocycles. The number of aromatic nitrogens is 2. The Hall–Kier alpha value is -2.42. The van der Waals surface area contributed by atoms with Gasteiger partial charge in [-0.2, -0.15) is 5.10 Å². The van der Waals surface area contributed by atoms with Crippen LogP contribution in [0, 0.1) is 0 Å². The molecule has 0 bridgehead atoms. The number of ether oxygens (including phenoxy) is 2. The van der Waals surface area contributed by atoms with Crippen molar-refractivity contribution in [1.29, 1.82) is 0 Å². The highest BCUT2D eigenvalue weighted by atomic mass is 16.5. The molecule has 158 valence electrons. The lowest BCUT2D eigenvalue weighted by atomic mass is 10.1. The lowest BCUT2D eigenvalue weighted by Crippen LogP contribution is -2.49. The fraction of sp³-hybridized carbons (Fsp3) is 0.524. The van der Waals surface area contributed by atoms with Gasteiger partial charge in [-0.15, -0.1) is 0 Å². The van der Waals surface area contributed by atoms with E-state index in [1.54, 1.807) is 24.2 Å². The quantitative estimate of drug-likeness (QED) is 0.777. The third-order valence-corrected chi connectivity index (χ3v) is 5.31. The number of amides is 1. The SMILES string of the molecule is CO[C@H]1CN(C(=O)c2ccnn2C)CCCCc2ccccc2OC[C@@H](O)[C@H]1O. The molecular formula is C21H29N3O5. The number of benzene rings is 1. The van der Waals surface area contributed by atoms with Crippen LogP contribution in [0.1, 0.15) is 28.9 Å². The molecule has 2 N–H and O–H groups in total. The molecule has 8 nitrogen and oxygen atoms in total. The zero-order valence-corrected chi connectivity index (χ0v) is 16.9. The van der Waals surface area contributed by atoms with Gasteiger partial charge in [-0.1, -0.05) is 18.2 Å². The number of carbonyl (C=O) groups excluding carboxylic acids is 1. The molecule has 0 aliphatic carbocycles. The lowest BCUT2D eigenvalue weighted by molar-refractivity contribution is -0.0925. The molecule has 2 heterocycles. The molecule has 0 spiro atoms.